The fourth-order valence-electron chi connectivity index (χ4n) is 5.01. The third kappa shape index (κ3) is 4.98. The van der Waals surface area contributed by atoms with E-state index in [-0.39, 0.29) is 31.4 Å². The molecule has 0 saturated heterocycles. The van der Waals surface area contributed by atoms with Crippen LogP contribution in [0, 0.1) is 0 Å². The molecule has 1 unspecified atom stereocenters. The minimum Gasteiger partial charge on any atom is -0.497 e. The maximum Gasteiger partial charge on any atom is 0.273 e. The highest BCUT2D eigenvalue weighted by Crippen LogP contribution is 2.33. The van der Waals surface area contributed by atoms with Crippen LogP contribution in [0.1, 0.15) is 28.5 Å². The Balaban J connectivity index is 1.51. The van der Waals surface area contributed by atoms with Gasteiger partial charge in [-0.1, -0.05) is 36.4 Å². The Hall–Kier alpha value is -4.79. The molecule has 1 aromatic heterocycles. The molecule has 0 saturated carbocycles. The van der Waals surface area contributed by atoms with E-state index in [1.54, 1.807) is 43.9 Å². The van der Waals surface area contributed by atoms with Crippen LogP contribution in [0.25, 0.3) is 11.3 Å². The van der Waals surface area contributed by atoms with Crippen molar-refractivity contribution < 1.29 is 23.8 Å². The molecule has 9 heteroatoms. The molecule has 40 heavy (non-hydrogen) atoms. The lowest BCUT2D eigenvalue weighted by molar-refractivity contribution is -0.133. The lowest BCUT2D eigenvalue weighted by Gasteiger charge is -2.43. The number of aromatic nitrogens is 2. The summed E-state index contributed by atoms with van der Waals surface area (Å²) in [6, 6.07) is 24.2. The first-order valence-electron chi connectivity index (χ1n) is 12.9. The number of amides is 2. The number of carbonyl (C=O) groups excluding carboxylic acids is 2. The van der Waals surface area contributed by atoms with E-state index in [0.29, 0.717) is 22.9 Å². The van der Waals surface area contributed by atoms with Gasteiger partial charge in [-0.2, -0.15) is 5.10 Å². The minimum atomic E-state index is -1.24. The summed E-state index contributed by atoms with van der Waals surface area (Å²) in [7, 11) is 4.79. The molecule has 0 radical (unpaired) electrons. The highest BCUT2D eigenvalue weighted by molar-refractivity contribution is 6.00. The van der Waals surface area contributed by atoms with Gasteiger partial charge < -0.3 is 24.4 Å². The van der Waals surface area contributed by atoms with Crippen molar-refractivity contribution in [1.82, 2.24) is 20.0 Å². The van der Waals surface area contributed by atoms with Crippen LogP contribution in [0.3, 0.4) is 0 Å². The quantitative estimate of drug-likeness (QED) is 0.340. The molecule has 0 spiro atoms. The fraction of sp³-hybridized carbons (Fsp3) is 0.258. The summed E-state index contributed by atoms with van der Waals surface area (Å²) in [5.41, 5.74) is 2.29. The monoisotopic (exact) mass is 540 g/mol. The third-order valence-electron chi connectivity index (χ3n) is 7.33. The number of nitrogens with zero attached hydrogens (tertiary/aromatic N) is 3. The Morgan fingerprint density at radius 3 is 2.17 bits per heavy atom. The zero-order valence-electron chi connectivity index (χ0n) is 23.0. The van der Waals surface area contributed by atoms with Gasteiger partial charge in [0.25, 0.3) is 5.91 Å². The second kappa shape index (κ2) is 11.1. The van der Waals surface area contributed by atoms with E-state index in [1.807, 2.05) is 72.8 Å². The summed E-state index contributed by atoms with van der Waals surface area (Å²) in [5, 5.41) is 7.76. The zero-order valence-corrected chi connectivity index (χ0v) is 23.0. The maximum absolute atomic E-state index is 14.1. The Morgan fingerprint density at radius 2 is 1.52 bits per heavy atom. The molecule has 0 fully saturated rings. The Bertz CT molecular complexity index is 1530. The molecule has 3 aromatic carbocycles. The van der Waals surface area contributed by atoms with E-state index in [4.69, 9.17) is 19.3 Å². The average Bonchev–Trinajstić information content (AvgIpc) is 3.42. The van der Waals surface area contributed by atoms with Crippen molar-refractivity contribution in [3.05, 3.63) is 95.7 Å². The van der Waals surface area contributed by atoms with E-state index in [9.17, 15) is 9.59 Å². The van der Waals surface area contributed by atoms with E-state index < -0.39 is 5.54 Å². The molecule has 2 heterocycles. The summed E-state index contributed by atoms with van der Waals surface area (Å²) >= 11 is 0. The normalized spacial score (nSPS) is 16.3. The Kier molecular flexibility index (Phi) is 7.46. The number of benzene rings is 3. The molecule has 4 aromatic rings. The summed E-state index contributed by atoms with van der Waals surface area (Å²) in [6.07, 6.45) is 0. The number of methoxy groups -OCH3 is 3. The van der Waals surface area contributed by atoms with E-state index >= 15 is 0 Å². The first-order valence-corrected chi connectivity index (χ1v) is 12.9. The van der Waals surface area contributed by atoms with Crippen molar-refractivity contribution in [1.29, 1.82) is 0 Å². The minimum absolute atomic E-state index is 0.178. The molecule has 2 amide bonds. The number of hydrogen-bond acceptors (Lipinski definition) is 6. The van der Waals surface area contributed by atoms with Gasteiger partial charge in [-0.25, -0.2) is 0 Å². The van der Waals surface area contributed by atoms with Gasteiger partial charge in [-0.15, -0.1) is 0 Å². The van der Waals surface area contributed by atoms with Crippen LogP contribution in [0.15, 0.2) is 78.9 Å². The Labute approximate surface area is 233 Å². The van der Waals surface area contributed by atoms with E-state index in [2.05, 4.69) is 5.32 Å². The van der Waals surface area contributed by atoms with Crippen LogP contribution < -0.4 is 19.5 Å². The number of rotatable bonds is 9. The van der Waals surface area contributed by atoms with Crippen molar-refractivity contribution in [2.75, 3.05) is 21.3 Å². The predicted molar refractivity (Wildman–Crippen MR) is 150 cm³/mol. The molecule has 1 N–H and O–H groups in total. The highest BCUT2D eigenvalue weighted by Gasteiger charge is 2.48. The van der Waals surface area contributed by atoms with E-state index in [1.165, 1.54) is 0 Å². The molecule has 1 aliphatic heterocycles. The molecule has 0 bridgehead atoms. The van der Waals surface area contributed by atoms with Crippen LogP contribution >= 0.6 is 0 Å². The lowest BCUT2D eigenvalue weighted by atomic mass is 9.93. The van der Waals surface area contributed by atoms with Crippen LogP contribution in [-0.4, -0.2) is 53.4 Å². The summed E-state index contributed by atoms with van der Waals surface area (Å²) in [5.74, 6) is 1.46. The second-order valence-corrected chi connectivity index (χ2v) is 9.77. The number of carbonyl (C=O) groups is 2. The van der Waals surface area contributed by atoms with Gasteiger partial charge in [-0.3, -0.25) is 14.3 Å². The number of hydrogen-bond donors (Lipinski definition) is 1. The molecular weight excluding hydrogens is 508 g/mol. The zero-order chi connectivity index (χ0) is 28.3. The SMILES string of the molecule is COc1ccc(-c2cc3n(n2)CC(C)(C(=O)NCc2ccccc2OC)N(Cc2ccccc2OC)C3=O)cc1. The van der Waals surface area contributed by atoms with Gasteiger partial charge in [0, 0.05) is 23.2 Å². The Morgan fingerprint density at radius 1 is 0.900 bits per heavy atom. The number of para-hydroxylation sites is 2. The van der Waals surface area contributed by atoms with Gasteiger partial charge in [0.2, 0.25) is 5.91 Å². The van der Waals surface area contributed by atoms with Crippen LogP contribution in [-0.2, 0) is 24.4 Å². The van der Waals surface area contributed by atoms with Crippen LogP contribution in [0.4, 0.5) is 0 Å². The van der Waals surface area contributed by atoms with Gasteiger partial charge in [0.1, 0.15) is 28.5 Å². The first kappa shape index (κ1) is 26.8. The van der Waals surface area contributed by atoms with Gasteiger partial charge >= 0.3 is 0 Å². The molecule has 0 aliphatic carbocycles. The van der Waals surface area contributed by atoms with Gasteiger partial charge in [0.15, 0.2) is 0 Å². The van der Waals surface area contributed by atoms with Crippen molar-refractivity contribution in [3.63, 3.8) is 0 Å². The van der Waals surface area contributed by atoms with Crippen molar-refractivity contribution in [2.24, 2.45) is 0 Å². The van der Waals surface area contributed by atoms with Crippen molar-refractivity contribution in [3.8, 4) is 28.5 Å². The number of ether oxygens (including phenoxy) is 3. The molecule has 206 valence electrons. The standard InChI is InChI=1S/C31H32N4O5/c1-31(30(37)32-18-22-9-5-7-11-27(22)39-3)20-35-26(17-25(33-35)21-13-15-24(38-2)16-14-21)29(36)34(31)19-23-10-6-8-12-28(23)40-4/h5-17H,18-20H2,1-4H3,(H,32,37). The lowest BCUT2D eigenvalue weighted by Crippen LogP contribution is -2.63. The van der Waals surface area contributed by atoms with Crippen LogP contribution in [0.2, 0.25) is 0 Å². The highest BCUT2D eigenvalue weighted by atomic mass is 16.5. The first-order chi connectivity index (χ1) is 19.4. The fourth-order valence-corrected chi connectivity index (χ4v) is 5.01. The predicted octanol–water partition coefficient (Wildman–Crippen LogP) is 4.31. The largest absolute Gasteiger partial charge is 0.497 e. The summed E-state index contributed by atoms with van der Waals surface area (Å²) in [6.45, 7) is 2.38. The van der Waals surface area contributed by atoms with Crippen molar-refractivity contribution >= 4 is 11.8 Å². The van der Waals surface area contributed by atoms with Gasteiger partial charge in [0.05, 0.1) is 40.1 Å². The molecule has 1 atom stereocenters. The third-order valence-corrected chi connectivity index (χ3v) is 7.33. The van der Waals surface area contributed by atoms with Gasteiger partial charge in [-0.05, 0) is 49.4 Å². The number of nitrogens with one attached hydrogen (secondary N) is 1. The van der Waals surface area contributed by atoms with Crippen molar-refractivity contribution in [2.45, 2.75) is 32.1 Å². The molecule has 1 aliphatic rings. The van der Waals surface area contributed by atoms with Crippen LogP contribution in [0.5, 0.6) is 17.2 Å². The summed E-state index contributed by atoms with van der Waals surface area (Å²) in [4.78, 5) is 29.6. The molecule has 5 rings (SSSR count). The smallest absolute Gasteiger partial charge is 0.273 e. The second-order valence-electron chi connectivity index (χ2n) is 9.77. The van der Waals surface area contributed by atoms with E-state index in [0.717, 1.165) is 22.4 Å². The number of fused-ring (bicyclic) bond motifs is 1. The average molecular weight is 541 g/mol. The topological polar surface area (TPSA) is 94.9 Å². The summed E-state index contributed by atoms with van der Waals surface area (Å²) < 4.78 is 17.9. The maximum atomic E-state index is 14.1. The molecular formula is C31H32N4O5. The molecule has 9 nitrogen and oxygen atoms in total.